The molecule has 0 bridgehead atoms. The van der Waals surface area contributed by atoms with Crippen molar-refractivity contribution in [1.82, 2.24) is 20.2 Å². The molecule has 0 saturated carbocycles. The molecule has 3 heterocycles. The van der Waals surface area contributed by atoms with E-state index in [2.05, 4.69) is 25.2 Å². The van der Waals surface area contributed by atoms with Gasteiger partial charge in [-0.25, -0.2) is 19.4 Å². The Morgan fingerprint density at radius 1 is 1.13 bits per heavy atom. The molecule has 1 amide bonds. The van der Waals surface area contributed by atoms with Gasteiger partial charge >= 0.3 is 5.97 Å². The smallest absolute Gasteiger partial charge is 0.321 e. The van der Waals surface area contributed by atoms with Crippen molar-refractivity contribution >= 4 is 23.8 Å². The van der Waals surface area contributed by atoms with E-state index in [4.69, 9.17) is 4.74 Å². The average Bonchev–Trinajstić information content (AvgIpc) is 2.80. The lowest BCUT2D eigenvalue weighted by molar-refractivity contribution is -0.153. The van der Waals surface area contributed by atoms with Crippen LogP contribution in [0.1, 0.15) is 18.5 Å². The number of carbonyl (C=O) groups excluding carboxylic acids is 2. The largest absolute Gasteiger partial charge is 0.465 e. The second-order valence-corrected chi connectivity index (χ2v) is 7.19. The summed E-state index contributed by atoms with van der Waals surface area (Å²) in [5.74, 6) is -1.61. The molecule has 4 rings (SSSR count). The van der Waals surface area contributed by atoms with E-state index in [1.165, 1.54) is 24.3 Å². The van der Waals surface area contributed by atoms with Gasteiger partial charge in [-0.05, 0) is 30.7 Å². The Morgan fingerprint density at radius 2 is 1.77 bits per heavy atom. The van der Waals surface area contributed by atoms with Gasteiger partial charge in [0.25, 0.3) is 0 Å². The summed E-state index contributed by atoms with van der Waals surface area (Å²) in [4.78, 5) is 42.6. The first-order valence-electron chi connectivity index (χ1n) is 10.1. The van der Waals surface area contributed by atoms with E-state index in [9.17, 15) is 14.0 Å². The zero-order valence-electron chi connectivity index (χ0n) is 17.1. The van der Waals surface area contributed by atoms with E-state index < -0.39 is 29.7 Å². The fourth-order valence-electron chi connectivity index (χ4n) is 3.70. The number of nitrogens with one attached hydrogen (secondary N) is 1. The van der Waals surface area contributed by atoms with Crippen molar-refractivity contribution in [3.63, 3.8) is 0 Å². The van der Waals surface area contributed by atoms with Crippen molar-refractivity contribution < 1.29 is 18.7 Å². The SMILES string of the molecule is CCOC(=O)[C@H]1C(=O)NC(N2CCN(c3ncccn3)CC2)=N[C@H]1c1ccc(F)cc1. The van der Waals surface area contributed by atoms with E-state index in [-0.39, 0.29) is 6.61 Å². The number of anilines is 1. The van der Waals surface area contributed by atoms with Crippen LogP contribution in [0.2, 0.25) is 0 Å². The van der Waals surface area contributed by atoms with Crippen molar-refractivity contribution in [2.45, 2.75) is 13.0 Å². The van der Waals surface area contributed by atoms with E-state index in [0.717, 1.165) is 0 Å². The lowest BCUT2D eigenvalue weighted by Gasteiger charge is -2.38. The standard InChI is InChI=1S/C21H23FN6O3/c1-2-31-19(30)16-17(14-4-6-15(22)7-5-14)25-21(26-18(16)29)28-12-10-27(11-13-28)20-23-8-3-9-24-20/h3-9,16-17H,2,10-13H2,1H3,(H,25,26,29)/t16-,17+/m1/s1. The molecule has 1 fully saturated rings. The second kappa shape index (κ2) is 9.07. The molecule has 31 heavy (non-hydrogen) atoms. The maximum Gasteiger partial charge on any atom is 0.321 e. The fraction of sp³-hybridized carbons (Fsp3) is 0.381. The highest BCUT2D eigenvalue weighted by atomic mass is 19.1. The third kappa shape index (κ3) is 4.47. The molecule has 0 aliphatic carbocycles. The number of halogens is 1. The monoisotopic (exact) mass is 426 g/mol. The number of hydrogen-bond acceptors (Lipinski definition) is 8. The minimum atomic E-state index is -1.13. The number of hydrogen-bond donors (Lipinski definition) is 1. The molecule has 1 aromatic carbocycles. The van der Waals surface area contributed by atoms with Gasteiger partial charge in [-0.3, -0.25) is 14.9 Å². The predicted molar refractivity (Wildman–Crippen MR) is 111 cm³/mol. The number of nitrogens with zero attached hydrogens (tertiary/aromatic N) is 5. The number of amides is 1. The molecule has 1 saturated heterocycles. The Balaban J connectivity index is 1.56. The molecule has 2 atom stereocenters. The number of aliphatic imine (C=N–C) groups is 1. The van der Waals surface area contributed by atoms with Crippen LogP contribution in [-0.4, -0.2) is 65.5 Å². The lowest BCUT2D eigenvalue weighted by atomic mass is 9.91. The Morgan fingerprint density at radius 3 is 2.42 bits per heavy atom. The number of rotatable bonds is 4. The number of esters is 1. The summed E-state index contributed by atoms with van der Waals surface area (Å²) in [7, 11) is 0. The predicted octanol–water partition coefficient (Wildman–Crippen LogP) is 1.14. The maximum atomic E-state index is 13.4. The van der Waals surface area contributed by atoms with Crippen LogP contribution in [0.15, 0.2) is 47.7 Å². The Bertz CT molecular complexity index is 961. The minimum absolute atomic E-state index is 0.152. The van der Waals surface area contributed by atoms with Crippen LogP contribution in [0.25, 0.3) is 0 Å². The van der Waals surface area contributed by atoms with Crippen LogP contribution >= 0.6 is 0 Å². The highest BCUT2D eigenvalue weighted by molar-refractivity contribution is 6.08. The van der Waals surface area contributed by atoms with Gasteiger partial charge in [0.2, 0.25) is 17.8 Å². The van der Waals surface area contributed by atoms with Gasteiger partial charge in [-0.15, -0.1) is 0 Å². The van der Waals surface area contributed by atoms with Crippen LogP contribution < -0.4 is 10.2 Å². The molecule has 2 aromatic rings. The van der Waals surface area contributed by atoms with Crippen LogP contribution in [0, 0.1) is 11.7 Å². The molecular formula is C21H23FN6O3. The summed E-state index contributed by atoms with van der Waals surface area (Å²) in [5.41, 5.74) is 0.572. The molecule has 0 unspecified atom stereocenters. The first kappa shape index (κ1) is 20.7. The quantitative estimate of drug-likeness (QED) is 0.578. The van der Waals surface area contributed by atoms with Crippen molar-refractivity contribution in [2.75, 3.05) is 37.7 Å². The van der Waals surface area contributed by atoms with Gasteiger partial charge < -0.3 is 14.5 Å². The van der Waals surface area contributed by atoms with Gasteiger partial charge in [-0.1, -0.05) is 12.1 Å². The Hall–Kier alpha value is -3.56. The molecular weight excluding hydrogens is 403 g/mol. The van der Waals surface area contributed by atoms with Crippen molar-refractivity contribution in [3.05, 3.63) is 54.1 Å². The summed E-state index contributed by atoms with van der Waals surface area (Å²) in [5, 5.41) is 2.75. The first-order chi connectivity index (χ1) is 15.1. The van der Waals surface area contributed by atoms with Crippen molar-refractivity contribution in [2.24, 2.45) is 10.9 Å². The highest BCUT2D eigenvalue weighted by Gasteiger charge is 2.42. The van der Waals surface area contributed by atoms with Gasteiger partial charge in [0.15, 0.2) is 5.92 Å². The summed E-state index contributed by atoms with van der Waals surface area (Å²) in [6.45, 7) is 4.33. The summed E-state index contributed by atoms with van der Waals surface area (Å²) >= 11 is 0. The third-order valence-corrected chi connectivity index (χ3v) is 5.26. The summed E-state index contributed by atoms with van der Waals surface area (Å²) < 4.78 is 18.5. The third-order valence-electron chi connectivity index (χ3n) is 5.26. The molecule has 162 valence electrons. The minimum Gasteiger partial charge on any atom is -0.465 e. The average molecular weight is 426 g/mol. The number of carbonyl (C=O) groups is 2. The number of ether oxygens (including phenoxy) is 1. The number of guanidine groups is 1. The van der Waals surface area contributed by atoms with Crippen LogP contribution in [-0.2, 0) is 14.3 Å². The van der Waals surface area contributed by atoms with Crippen molar-refractivity contribution in [3.8, 4) is 0 Å². The van der Waals surface area contributed by atoms with E-state index in [1.54, 1.807) is 25.4 Å². The van der Waals surface area contributed by atoms with E-state index >= 15 is 0 Å². The molecule has 9 nitrogen and oxygen atoms in total. The Labute approximate surface area is 178 Å². The fourth-order valence-corrected chi connectivity index (χ4v) is 3.70. The zero-order valence-corrected chi connectivity index (χ0v) is 17.1. The van der Waals surface area contributed by atoms with Gasteiger partial charge in [-0.2, -0.15) is 0 Å². The number of benzene rings is 1. The van der Waals surface area contributed by atoms with Crippen LogP contribution in [0.3, 0.4) is 0 Å². The number of piperazine rings is 1. The summed E-state index contributed by atoms with van der Waals surface area (Å²) in [6.07, 6.45) is 3.39. The van der Waals surface area contributed by atoms with Gasteiger partial charge in [0.05, 0.1) is 6.61 Å². The lowest BCUT2D eigenvalue weighted by Crippen LogP contribution is -2.57. The molecule has 10 heteroatoms. The molecule has 0 spiro atoms. The molecule has 1 aromatic heterocycles. The number of aromatic nitrogens is 2. The van der Waals surface area contributed by atoms with E-state index in [1.807, 2.05) is 4.90 Å². The van der Waals surface area contributed by atoms with Crippen LogP contribution in [0.5, 0.6) is 0 Å². The second-order valence-electron chi connectivity index (χ2n) is 7.19. The first-order valence-corrected chi connectivity index (χ1v) is 10.1. The molecule has 2 aliphatic heterocycles. The molecule has 0 radical (unpaired) electrons. The van der Waals surface area contributed by atoms with Crippen molar-refractivity contribution in [1.29, 1.82) is 0 Å². The normalized spacial score (nSPS) is 21.4. The molecule has 1 N–H and O–H groups in total. The summed E-state index contributed by atoms with van der Waals surface area (Å²) in [6, 6.07) is 6.63. The van der Waals surface area contributed by atoms with Gasteiger partial charge in [0.1, 0.15) is 11.9 Å². The maximum absolute atomic E-state index is 13.4. The highest BCUT2D eigenvalue weighted by Crippen LogP contribution is 2.31. The Kier molecular flexibility index (Phi) is 6.06. The molecule has 2 aliphatic rings. The van der Waals surface area contributed by atoms with Crippen LogP contribution in [0.4, 0.5) is 10.3 Å². The zero-order chi connectivity index (χ0) is 21.8. The topological polar surface area (TPSA) is 100 Å². The van der Waals surface area contributed by atoms with Gasteiger partial charge in [0, 0.05) is 38.6 Å². The van der Waals surface area contributed by atoms with E-state index in [0.29, 0.717) is 43.7 Å².